The molecule has 1 unspecified atom stereocenters. The van der Waals surface area contributed by atoms with Gasteiger partial charge < -0.3 is 14.6 Å². The topological polar surface area (TPSA) is 79.4 Å². The molecule has 1 aliphatic heterocycles. The molecule has 0 saturated heterocycles. The van der Waals surface area contributed by atoms with Crippen molar-refractivity contribution in [2.24, 2.45) is 5.10 Å². The summed E-state index contributed by atoms with van der Waals surface area (Å²) in [6, 6.07) is 10.8. The van der Waals surface area contributed by atoms with Gasteiger partial charge in [0.15, 0.2) is 13.1 Å². The quantitative estimate of drug-likeness (QED) is 0.719. The lowest BCUT2D eigenvalue weighted by Crippen LogP contribution is -3.11. The fourth-order valence-corrected chi connectivity index (χ4v) is 3.43. The van der Waals surface area contributed by atoms with Gasteiger partial charge in [-0.2, -0.15) is 5.10 Å². The van der Waals surface area contributed by atoms with Gasteiger partial charge in [0.2, 0.25) is 0 Å². The van der Waals surface area contributed by atoms with Crippen molar-refractivity contribution in [1.82, 2.24) is 10.3 Å². The number of halogens is 1. The van der Waals surface area contributed by atoms with Gasteiger partial charge >= 0.3 is 0 Å². The third kappa shape index (κ3) is 5.46. The number of nitrogens with zero attached hydrogens (tertiary/aromatic N) is 2. The summed E-state index contributed by atoms with van der Waals surface area (Å²) in [7, 11) is 1.82. The number of hydrogen-bond acceptors (Lipinski definition) is 4. The van der Waals surface area contributed by atoms with E-state index in [4.69, 9.17) is 16.0 Å². The minimum Gasteiger partial charge on any atom is -0.467 e. The van der Waals surface area contributed by atoms with Crippen molar-refractivity contribution in [2.75, 3.05) is 20.1 Å². The van der Waals surface area contributed by atoms with Gasteiger partial charge in [0.1, 0.15) is 11.8 Å². The normalized spacial score (nSPS) is 17.3. The van der Waals surface area contributed by atoms with Crippen molar-refractivity contribution >= 4 is 29.1 Å². The van der Waals surface area contributed by atoms with Crippen LogP contribution in [0.2, 0.25) is 5.02 Å². The molecule has 2 heterocycles. The number of amides is 2. The van der Waals surface area contributed by atoms with E-state index in [0.29, 0.717) is 17.2 Å². The number of nitrogens with one attached hydrogen (secondary N) is 2. The lowest BCUT2D eigenvalue weighted by atomic mass is 10.0. The zero-order chi connectivity index (χ0) is 21.0. The Bertz CT molecular complexity index is 878. The van der Waals surface area contributed by atoms with Crippen LogP contribution in [0.25, 0.3) is 0 Å². The molecule has 0 fully saturated rings. The molecule has 2 N–H and O–H groups in total. The third-order valence-corrected chi connectivity index (χ3v) is 4.83. The fourth-order valence-electron chi connectivity index (χ4n) is 3.31. The van der Waals surface area contributed by atoms with Gasteiger partial charge in [-0.3, -0.25) is 9.59 Å². The maximum atomic E-state index is 13.0. The fraction of sp³-hybridized carbons (Fsp3) is 0.381. The predicted octanol–water partition coefficient (Wildman–Crippen LogP) is 1.65. The molecule has 3 rings (SSSR count). The van der Waals surface area contributed by atoms with Crippen molar-refractivity contribution in [3.05, 3.63) is 59.0 Å². The lowest BCUT2D eigenvalue weighted by molar-refractivity contribution is -0.863. The highest BCUT2D eigenvalue weighted by molar-refractivity contribution is 6.30. The highest BCUT2D eigenvalue weighted by Gasteiger charge is 2.36. The van der Waals surface area contributed by atoms with Crippen molar-refractivity contribution in [3.63, 3.8) is 0 Å². The molecule has 0 spiro atoms. The second kappa shape index (κ2) is 9.24. The van der Waals surface area contributed by atoms with Gasteiger partial charge in [-0.15, -0.1) is 0 Å². The zero-order valence-electron chi connectivity index (χ0n) is 16.8. The largest absolute Gasteiger partial charge is 0.467 e. The Labute approximate surface area is 175 Å². The summed E-state index contributed by atoms with van der Waals surface area (Å²) in [4.78, 5) is 25.8. The monoisotopic (exact) mass is 417 g/mol. The Kier molecular flexibility index (Phi) is 6.71. The van der Waals surface area contributed by atoms with Crippen LogP contribution in [0.15, 0.2) is 52.2 Å². The Hall–Kier alpha value is -2.64. The number of carbonyl (C=O) groups excluding carboxylic acids is 2. The summed E-state index contributed by atoms with van der Waals surface area (Å²) in [5.41, 5.74) is 1.71. The van der Waals surface area contributed by atoms with Crippen molar-refractivity contribution < 1.29 is 18.9 Å². The molecule has 8 heteroatoms. The highest BCUT2D eigenvalue weighted by Crippen LogP contribution is 2.33. The molecule has 0 saturated carbocycles. The van der Waals surface area contributed by atoms with Crippen LogP contribution in [0.5, 0.6) is 0 Å². The molecule has 154 valence electrons. The van der Waals surface area contributed by atoms with E-state index in [1.54, 1.807) is 24.5 Å². The van der Waals surface area contributed by atoms with E-state index in [1.807, 2.05) is 39.1 Å². The molecule has 29 heavy (non-hydrogen) atoms. The molecule has 2 atom stereocenters. The number of rotatable bonds is 7. The first kappa shape index (κ1) is 21.1. The van der Waals surface area contributed by atoms with E-state index in [2.05, 4.69) is 10.4 Å². The van der Waals surface area contributed by atoms with Crippen LogP contribution in [0.3, 0.4) is 0 Å². The summed E-state index contributed by atoms with van der Waals surface area (Å²) < 4.78 is 5.56. The number of furan rings is 1. The molecule has 7 nitrogen and oxygen atoms in total. The standard InChI is InChI=1S/C21H25ClN4O3/c1-14(2)23-20(27)12-25(3)13-21(28)26-18(19-5-4-10-29-19)11-17(24-26)15-6-8-16(22)9-7-15/h4-10,14,18H,11-13H2,1-3H3,(H,23,27)/p+1/t18-/m0/s1. The van der Waals surface area contributed by atoms with E-state index in [0.717, 1.165) is 16.2 Å². The first-order valence-electron chi connectivity index (χ1n) is 9.63. The van der Waals surface area contributed by atoms with Gasteiger partial charge in [-0.25, -0.2) is 5.01 Å². The van der Waals surface area contributed by atoms with Gasteiger partial charge in [0, 0.05) is 17.5 Å². The van der Waals surface area contributed by atoms with Crippen LogP contribution >= 0.6 is 11.6 Å². The summed E-state index contributed by atoms with van der Waals surface area (Å²) in [6.07, 6.45) is 2.14. The van der Waals surface area contributed by atoms with E-state index in [9.17, 15) is 9.59 Å². The van der Waals surface area contributed by atoms with Gasteiger partial charge in [-0.05, 0) is 43.7 Å². The van der Waals surface area contributed by atoms with Crippen LogP contribution in [-0.4, -0.2) is 48.7 Å². The SMILES string of the molecule is CC(C)NC(=O)C[NH+](C)CC(=O)N1N=C(c2ccc(Cl)cc2)C[C@H]1c1ccco1. The number of hydrogen-bond donors (Lipinski definition) is 2. The van der Waals surface area contributed by atoms with Crippen molar-refractivity contribution in [2.45, 2.75) is 32.4 Å². The highest BCUT2D eigenvalue weighted by atomic mass is 35.5. The van der Waals surface area contributed by atoms with E-state index < -0.39 is 0 Å². The molecule has 0 radical (unpaired) electrons. The predicted molar refractivity (Wildman–Crippen MR) is 111 cm³/mol. The molecule has 1 aromatic carbocycles. The molecule has 1 aromatic heterocycles. The van der Waals surface area contributed by atoms with E-state index >= 15 is 0 Å². The Morgan fingerprint density at radius 3 is 2.62 bits per heavy atom. The van der Waals surface area contributed by atoms with E-state index in [-0.39, 0.29) is 37.0 Å². The number of benzene rings is 1. The number of quaternary nitrogens is 1. The van der Waals surface area contributed by atoms with Crippen molar-refractivity contribution in [1.29, 1.82) is 0 Å². The van der Waals surface area contributed by atoms with Crippen LogP contribution in [-0.2, 0) is 9.59 Å². The molecular formula is C21H26ClN4O3+. The van der Waals surface area contributed by atoms with Crippen molar-refractivity contribution in [3.8, 4) is 0 Å². The molecule has 2 aromatic rings. The maximum Gasteiger partial charge on any atom is 0.298 e. The van der Waals surface area contributed by atoms with Gasteiger partial charge in [0.25, 0.3) is 11.8 Å². The summed E-state index contributed by atoms with van der Waals surface area (Å²) >= 11 is 5.98. The number of carbonyl (C=O) groups is 2. The minimum atomic E-state index is -0.305. The molecule has 0 aliphatic carbocycles. The maximum absolute atomic E-state index is 13.0. The summed E-state index contributed by atoms with van der Waals surface area (Å²) in [5.74, 6) is 0.436. The number of hydrazone groups is 1. The smallest absolute Gasteiger partial charge is 0.298 e. The van der Waals surface area contributed by atoms with Crippen LogP contribution < -0.4 is 10.2 Å². The Morgan fingerprint density at radius 2 is 2.00 bits per heavy atom. The molecule has 0 bridgehead atoms. The van der Waals surface area contributed by atoms with Crippen LogP contribution in [0.4, 0.5) is 0 Å². The lowest BCUT2D eigenvalue weighted by Gasteiger charge is -2.21. The minimum absolute atomic E-state index is 0.0689. The third-order valence-electron chi connectivity index (χ3n) is 4.58. The Morgan fingerprint density at radius 1 is 1.28 bits per heavy atom. The zero-order valence-corrected chi connectivity index (χ0v) is 17.6. The average Bonchev–Trinajstić information content (AvgIpc) is 3.31. The first-order chi connectivity index (χ1) is 13.8. The van der Waals surface area contributed by atoms with Gasteiger partial charge in [-0.1, -0.05) is 23.7 Å². The molecule has 2 amide bonds. The summed E-state index contributed by atoms with van der Waals surface area (Å²) in [6.45, 7) is 4.18. The Balaban J connectivity index is 1.74. The van der Waals surface area contributed by atoms with Gasteiger partial charge in [0.05, 0.1) is 19.0 Å². The molecule has 1 aliphatic rings. The molecular weight excluding hydrogens is 392 g/mol. The van der Waals surface area contributed by atoms with E-state index in [1.165, 1.54) is 5.01 Å². The number of likely N-dealkylation sites (N-methyl/N-ethyl adjacent to an activating group) is 1. The summed E-state index contributed by atoms with van der Waals surface area (Å²) in [5, 5.41) is 9.56. The average molecular weight is 418 g/mol. The second-order valence-electron chi connectivity index (χ2n) is 7.56. The first-order valence-corrected chi connectivity index (χ1v) is 10.0. The van der Waals surface area contributed by atoms with Crippen LogP contribution in [0.1, 0.15) is 37.6 Å². The van der Waals surface area contributed by atoms with Crippen LogP contribution in [0, 0.1) is 0 Å². The second-order valence-corrected chi connectivity index (χ2v) is 8.00.